The van der Waals surface area contributed by atoms with Gasteiger partial charge in [-0.1, -0.05) is 50.5 Å². The second-order valence-electron chi connectivity index (χ2n) is 7.89. The fourth-order valence-corrected chi connectivity index (χ4v) is 3.96. The van der Waals surface area contributed by atoms with E-state index in [0.29, 0.717) is 41.7 Å². The standard InChI is InChI=1S/C21H30N4O2/c1-15-9-8-12-18(16(15)2)22-20(26)13-4-3-7-14-25-21(27)17-10-5-6-11-19(17)23-24-25/h5-6,10-11,15-16,18H,3-4,7-9,12-14H2,1-2H3,(H,22,26)/t15-,16+,18+/m1/s1. The molecule has 1 saturated carbocycles. The fourth-order valence-electron chi connectivity index (χ4n) is 3.96. The summed E-state index contributed by atoms with van der Waals surface area (Å²) >= 11 is 0. The quantitative estimate of drug-likeness (QED) is 0.759. The molecular weight excluding hydrogens is 340 g/mol. The van der Waals surface area contributed by atoms with Gasteiger partial charge in [0, 0.05) is 19.0 Å². The average molecular weight is 370 g/mol. The molecule has 1 aromatic carbocycles. The zero-order valence-corrected chi connectivity index (χ0v) is 16.4. The van der Waals surface area contributed by atoms with Gasteiger partial charge in [-0.15, -0.1) is 5.10 Å². The third-order valence-corrected chi connectivity index (χ3v) is 5.96. The van der Waals surface area contributed by atoms with Crippen molar-refractivity contribution in [3.05, 3.63) is 34.6 Å². The lowest BCUT2D eigenvalue weighted by Crippen LogP contribution is -2.43. The van der Waals surface area contributed by atoms with Crippen molar-refractivity contribution in [1.82, 2.24) is 20.3 Å². The van der Waals surface area contributed by atoms with Gasteiger partial charge in [-0.05, 0) is 43.2 Å². The van der Waals surface area contributed by atoms with Crippen LogP contribution in [0.15, 0.2) is 29.1 Å². The van der Waals surface area contributed by atoms with Crippen LogP contribution in [0.25, 0.3) is 10.9 Å². The molecule has 146 valence electrons. The molecule has 6 nitrogen and oxygen atoms in total. The van der Waals surface area contributed by atoms with Gasteiger partial charge in [0.2, 0.25) is 5.91 Å². The molecule has 6 heteroatoms. The number of hydrogen-bond acceptors (Lipinski definition) is 4. The number of hydrogen-bond donors (Lipinski definition) is 1. The maximum Gasteiger partial charge on any atom is 0.277 e. The number of fused-ring (bicyclic) bond motifs is 1. The fraction of sp³-hybridized carbons (Fsp3) is 0.619. The first-order valence-corrected chi connectivity index (χ1v) is 10.2. The first-order valence-electron chi connectivity index (χ1n) is 10.2. The van der Waals surface area contributed by atoms with E-state index in [9.17, 15) is 9.59 Å². The maximum absolute atomic E-state index is 12.4. The minimum absolute atomic E-state index is 0.0984. The van der Waals surface area contributed by atoms with Crippen LogP contribution in [0, 0.1) is 11.8 Å². The number of nitrogens with zero attached hydrogens (tertiary/aromatic N) is 3. The van der Waals surface area contributed by atoms with E-state index in [-0.39, 0.29) is 11.5 Å². The molecule has 1 aliphatic carbocycles. The molecule has 0 radical (unpaired) electrons. The minimum Gasteiger partial charge on any atom is -0.353 e. The Morgan fingerprint density at radius 1 is 1.19 bits per heavy atom. The smallest absolute Gasteiger partial charge is 0.277 e. The van der Waals surface area contributed by atoms with Gasteiger partial charge in [-0.2, -0.15) is 0 Å². The van der Waals surface area contributed by atoms with E-state index in [0.717, 1.165) is 25.7 Å². The van der Waals surface area contributed by atoms with Crippen LogP contribution in [-0.2, 0) is 11.3 Å². The molecule has 1 aromatic heterocycles. The number of rotatable bonds is 7. The highest BCUT2D eigenvalue weighted by Crippen LogP contribution is 2.29. The Morgan fingerprint density at radius 2 is 2.00 bits per heavy atom. The van der Waals surface area contributed by atoms with Crippen LogP contribution in [0.5, 0.6) is 0 Å². The Morgan fingerprint density at radius 3 is 2.85 bits per heavy atom. The number of nitrogens with one attached hydrogen (secondary N) is 1. The maximum atomic E-state index is 12.4. The molecule has 0 bridgehead atoms. The molecule has 1 fully saturated rings. The lowest BCUT2D eigenvalue weighted by Gasteiger charge is -2.34. The third kappa shape index (κ3) is 4.93. The highest BCUT2D eigenvalue weighted by molar-refractivity contribution is 5.76. The van der Waals surface area contributed by atoms with E-state index in [1.165, 1.54) is 17.5 Å². The minimum atomic E-state index is -0.0984. The number of aromatic nitrogens is 3. The molecule has 0 aliphatic heterocycles. The first-order chi connectivity index (χ1) is 13.1. The largest absolute Gasteiger partial charge is 0.353 e. The number of unbranched alkanes of at least 4 members (excludes halogenated alkanes) is 2. The van der Waals surface area contributed by atoms with Gasteiger partial charge >= 0.3 is 0 Å². The van der Waals surface area contributed by atoms with Gasteiger partial charge in [0.05, 0.1) is 5.39 Å². The molecule has 0 unspecified atom stereocenters. The summed E-state index contributed by atoms with van der Waals surface area (Å²) in [5.74, 6) is 1.40. The van der Waals surface area contributed by atoms with E-state index in [1.54, 1.807) is 12.1 Å². The summed E-state index contributed by atoms with van der Waals surface area (Å²) in [7, 11) is 0. The molecule has 0 spiro atoms. The molecule has 3 rings (SSSR count). The van der Waals surface area contributed by atoms with Gasteiger partial charge in [0.15, 0.2) is 0 Å². The lowest BCUT2D eigenvalue weighted by atomic mass is 9.78. The second kappa shape index (κ2) is 9.11. The van der Waals surface area contributed by atoms with Crippen LogP contribution in [0.3, 0.4) is 0 Å². The van der Waals surface area contributed by atoms with Crippen molar-refractivity contribution in [2.45, 2.75) is 71.4 Å². The van der Waals surface area contributed by atoms with Crippen LogP contribution in [0.1, 0.15) is 58.8 Å². The Hall–Kier alpha value is -2.24. The Labute approximate surface area is 160 Å². The molecule has 1 N–H and O–H groups in total. The number of carbonyl (C=O) groups excluding carboxylic acids is 1. The Kier molecular flexibility index (Phi) is 6.58. The number of carbonyl (C=O) groups is 1. The predicted molar refractivity (Wildman–Crippen MR) is 106 cm³/mol. The van der Waals surface area contributed by atoms with Crippen LogP contribution < -0.4 is 10.9 Å². The highest BCUT2D eigenvalue weighted by atomic mass is 16.1. The van der Waals surface area contributed by atoms with E-state index in [4.69, 9.17) is 0 Å². The normalized spacial score (nSPS) is 22.7. The van der Waals surface area contributed by atoms with Crippen molar-refractivity contribution in [3.63, 3.8) is 0 Å². The van der Waals surface area contributed by atoms with Gasteiger partial charge in [0.25, 0.3) is 5.56 Å². The predicted octanol–water partition coefficient (Wildman–Crippen LogP) is 3.29. The first kappa shape index (κ1) is 19.5. The summed E-state index contributed by atoms with van der Waals surface area (Å²) in [5, 5.41) is 11.9. The van der Waals surface area contributed by atoms with Crippen LogP contribution in [0.2, 0.25) is 0 Å². The Bertz CT molecular complexity index is 832. The van der Waals surface area contributed by atoms with Crippen molar-refractivity contribution in [2.24, 2.45) is 11.8 Å². The molecule has 3 atom stereocenters. The van der Waals surface area contributed by atoms with Gasteiger partial charge in [-0.3, -0.25) is 9.59 Å². The number of amides is 1. The van der Waals surface area contributed by atoms with Crippen molar-refractivity contribution in [1.29, 1.82) is 0 Å². The highest BCUT2D eigenvalue weighted by Gasteiger charge is 2.27. The van der Waals surface area contributed by atoms with E-state index in [2.05, 4.69) is 29.5 Å². The van der Waals surface area contributed by atoms with Crippen molar-refractivity contribution < 1.29 is 4.79 Å². The van der Waals surface area contributed by atoms with Crippen LogP contribution in [0.4, 0.5) is 0 Å². The number of benzene rings is 1. The van der Waals surface area contributed by atoms with Gasteiger partial charge in [-0.25, -0.2) is 4.68 Å². The van der Waals surface area contributed by atoms with Crippen molar-refractivity contribution in [3.8, 4) is 0 Å². The van der Waals surface area contributed by atoms with Crippen LogP contribution >= 0.6 is 0 Å². The van der Waals surface area contributed by atoms with Gasteiger partial charge in [0.1, 0.15) is 5.52 Å². The number of aryl methyl sites for hydroxylation is 1. The summed E-state index contributed by atoms with van der Waals surface area (Å²) in [4.78, 5) is 24.6. The molecule has 1 aliphatic rings. The summed E-state index contributed by atoms with van der Waals surface area (Å²) < 4.78 is 1.42. The summed E-state index contributed by atoms with van der Waals surface area (Å²) in [5.41, 5.74) is 0.528. The lowest BCUT2D eigenvalue weighted by molar-refractivity contribution is -0.122. The monoisotopic (exact) mass is 370 g/mol. The third-order valence-electron chi connectivity index (χ3n) is 5.96. The molecule has 1 heterocycles. The van der Waals surface area contributed by atoms with E-state index >= 15 is 0 Å². The molecule has 1 amide bonds. The van der Waals surface area contributed by atoms with E-state index < -0.39 is 0 Å². The SMILES string of the molecule is C[C@H]1[C@H](C)CCC[C@@H]1NC(=O)CCCCCn1nnc2ccccc2c1=O. The summed E-state index contributed by atoms with van der Waals surface area (Å²) in [6.07, 6.45) is 6.67. The molecule has 2 aromatic rings. The summed E-state index contributed by atoms with van der Waals surface area (Å²) in [6, 6.07) is 7.58. The molecule has 27 heavy (non-hydrogen) atoms. The van der Waals surface area contributed by atoms with Gasteiger partial charge < -0.3 is 5.32 Å². The van der Waals surface area contributed by atoms with Crippen molar-refractivity contribution >= 4 is 16.8 Å². The zero-order valence-electron chi connectivity index (χ0n) is 16.4. The zero-order chi connectivity index (χ0) is 19.2. The average Bonchev–Trinajstić information content (AvgIpc) is 2.67. The second-order valence-corrected chi connectivity index (χ2v) is 7.89. The van der Waals surface area contributed by atoms with Crippen LogP contribution in [-0.4, -0.2) is 26.9 Å². The Balaban J connectivity index is 1.40. The van der Waals surface area contributed by atoms with Crippen molar-refractivity contribution in [2.75, 3.05) is 0 Å². The summed E-state index contributed by atoms with van der Waals surface area (Å²) in [6.45, 7) is 5.06. The van der Waals surface area contributed by atoms with E-state index in [1.807, 2.05) is 12.1 Å². The molecule has 0 saturated heterocycles. The topological polar surface area (TPSA) is 76.9 Å². The molecular formula is C21H30N4O2.